The maximum Gasteiger partial charge on any atom is 0.410 e. The Balaban J connectivity index is 1.13. The lowest BCUT2D eigenvalue weighted by Gasteiger charge is -2.33. The number of thiophene rings is 1. The van der Waals surface area contributed by atoms with Crippen LogP contribution in [-0.4, -0.2) is 62.1 Å². The number of nitrogens with one attached hydrogen (secondary N) is 2. The Morgan fingerprint density at radius 2 is 1.81 bits per heavy atom. The van der Waals surface area contributed by atoms with Crippen LogP contribution in [0.15, 0.2) is 48.9 Å². The Bertz CT molecular complexity index is 1650. The molecular formula is C30H33FN6O5S. The van der Waals surface area contributed by atoms with Crippen LogP contribution >= 0.6 is 11.3 Å². The minimum absolute atomic E-state index is 0.0205. The maximum atomic E-state index is 15.0. The van der Waals surface area contributed by atoms with Crippen molar-refractivity contribution in [2.75, 3.05) is 18.4 Å². The van der Waals surface area contributed by atoms with Crippen molar-refractivity contribution >= 4 is 45.1 Å². The molecule has 0 radical (unpaired) electrons. The number of carbonyl (C=O) groups excluding carboxylic acids is 3. The number of aryl methyl sites for hydroxylation is 1. The highest BCUT2D eigenvalue weighted by atomic mass is 32.1. The first-order valence-electron chi connectivity index (χ1n) is 13.9. The number of hydrogen-bond acceptors (Lipinski definition) is 8. The van der Waals surface area contributed by atoms with E-state index in [0.717, 1.165) is 21.5 Å². The molecule has 1 saturated heterocycles. The number of anilines is 1. The second-order valence-corrected chi connectivity index (χ2v) is 12.3. The van der Waals surface area contributed by atoms with E-state index in [-0.39, 0.29) is 23.6 Å². The summed E-state index contributed by atoms with van der Waals surface area (Å²) in [6, 6.07) is 7.48. The Labute approximate surface area is 252 Å². The van der Waals surface area contributed by atoms with Gasteiger partial charge in [-0.2, -0.15) is 0 Å². The van der Waals surface area contributed by atoms with E-state index in [1.165, 1.54) is 23.5 Å². The first kappa shape index (κ1) is 30.0. The Morgan fingerprint density at radius 1 is 1.05 bits per heavy atom. The molecule has 0 aliphatic carbocycles. The fraction of sp³-hybridized carbons (Fsp3) is 0.367. The highest BCUT2D eigenvalue weighted by Crippen LogP contribution is 2.39. The van der Waals surface area contributed by atoms with E-state index < -0.39 is 29.7 Å². The second kappa shape index (κ2) is 12.4. The molecule has 0 spiro atoms. The number of likely N-dealkylation sites (tertiary alicyclic amines) is 1. The van der Waals surface area contributed by atoms with E-state index in [1.54, 1.807) is 23.4 Å². The van der Waals surface area contributed by atoms with Crippen molar-refractivity contribution in [3.05, 3.63) is 54.7 Å². The number of piperidine rings is 1. The van der Waals surface area contributed by atoms with E-state index in [4.69, 9.17) is 9.47 Å². The van der Waals surface area contributed by atoms with Gasteiger partial charge in [-0.1, -0.05) is 0 Å². The third-order valence-corrected chi connectivity index (χ3v) is 7.82. The number of nitrogens with zero attached hydrogens (tertiary/aromatic N) is 4. The molecule has 0 bridgehead atoms. The topological polar surface area (TPSA) is 128 Å². The third kappa shape index (κ3) is 7.47. The summed E-state index contributed by atoms with van der Waals surface area (Å²) in [6.45, 7) is 6.32. The highest BCUT2D eigenvalue weighted by Gasteiger charge is 2.28. The SMILES string of the molecule is Cn1ccnc1-c1cc2nccc(Oc3ccc(NC(=O)CC(=O)NC4CCN(C(=O)OC(C)(C)C)CC4)cc3F)c2s1. The summed E-state index contributed by atoms with van der Waals surface area (Å²) in [6.07, 6.45) is 5.47. The largest absolute Gasteiger partial charge is 0.453 e. The van der Waals surface area contributed by atoms with Gasteiger partial charge >= 0.3 is 6.09 Å². The van der Waals surface area contributed by atoms with E-state index in [9.17, 15) is 14.4 Å². The molecule has 5 rings (SSSR count). The molecule has 0 unspecified atom stereocenters. The lowest BCUT2D eigenvalue weighted by atomic mass is 10.1. The summed E-state index contributed by atoms with van der Waals surface area (Å²) >= 11 is 1.44. The zero-order chi connectivity index (χ0) is 30.7. The van der Waals surface area contributed by atoms with Crippen molar-refractivity contribution in [3.63, 3.8) is 0 Å². The zero-order valence-corrected chi connectivity index (χ0v) is 25.2. The van der Waals surface area contributed by atoms with Gasteiger partial charge in [0.25, 0.3) is 0 Å². The minimum atomic E-state index is -0.676. The molecule has 2 N–H and O–H groups in total. The summed E-state index contributed by atoms with van der Waals surface area (Å²) in [7, 11) is 1.90. The normalized spacial score (nSPS) is 14.0. The van der Waals surface area contributed by atoms with Gasteiger partial charge in [0.15, 0.2) is 11.6 Å². The number of imidazole rings is 1. The molecule has 0 saturated carbocycles. The van der Waals surface area contributed by atoms with Gasteiger partial charge < -0.3 is 29.6 Å². The van der Waals surface area contributed by atoms with Crippen LogP contribution in [0.4, 0.5) is 14.9 Å². The molecule has 3 amide bonds. The second-order valence-electron chi connectivity index (χ2n) is 11.3. The van der Waals surface area contributed by atoms with Gasteiger partial charge in [-0.3, -0.25) is 14.6 Å². The molecular weight excluding hydrogens is 575 g/mol. The Morgan fingerprint density at radius 3 is 2.49 bits per heavy atom. The summed E-state index contributed by atoms with van der Waals surface area (Å²) in [5.74, 6) is -0.487. The monoisotopic (exact) mass is 608 g/mol. The summed E-state index contributed by atoms with van der Waals surface area (Å²) < 4.78 is 28.9. The predicted octanol–water partition coefficient (Wildman–Crippen LogP) is 5.47. The molecule has 0 atom stereocenters. The lowest BCUT2D eigenvalue weighted by Crippen LogP contribution is -2.48. The Kier molecular flexibility index (Phi) is 8.62. The third-order valence-electron chi connectivity index (χ3n) is 6.69. The highest BCUT2D eigenvalue weighted by molar-refractivity contribution is 7.22. The fourth-order valence-corrected chi connectivity index (χ4v) is 5.76. The van der Waals surface area contributed by atoms with E-state index in [0.29, 0.717) is 37.2 Å². The summed E-state index contributed by atoms with van der Waals surface area (Å²) in [4.78, 5) is 48.5. The molecule has 4 heterocycles. The number of hydrogen-bond donors (Lipinski definition) is 2. The maximum absolute atomic E-state index is 15.0. The van der Waals surface area contributed by atoms with Gasteiger partial charge in [0.1, 0.15) is 23.6 Å². The van der Waals surface area contributed by atoms with Crippen molar-refractivity contribution < 1.29 is 28.2 Å². The molecule has 1 fully saturated rings. The molecule has 11 nitrogen and oxygen atoms in total. The van der Waals surface area contributed by atoms with Crippen LogP contribution in [0, 0.1) is 5.82 Å². The van der Waals surface area contributed by atoms with Gasteiger partial charge in [0, 0.05) is 62.6 Å². The number of amides is 3. The number of ether oxygens (including phenoxy) is 2. The number of halogens is 1. The molecule has 226 valence electrons. The van der Waals surface area contributed by atoms with Crippen LogP contribution in [-0.2, 0) is 21.4 Å². The molecule has 1 aliphatic rings. The number of carbonyl (C=O) groups is 3. The van der Waals surface area contributed by atoms with Crippen molar-refractivity contribution in [2.45, 2.75) is 51.7 Å². The summed E-state index contributed by atoms with van der Waals surface area (Å²) in [5, 5.41) is 5.39. The van der Waals surface area contributed by atoms with Crippen molar-refractivity contribution in [1.82, 2.24) is 24.8 Å². The van der Waals surface area contributed by atoms with Crippen LogP contribution in [0.2, 0.25) is 0 Å². The fourth-order valence-electron chi connectivity index (χ4n) is 4.65. The first-order valence-corrected chi connectivity index (χ1v) is 14.7. The zero-order valence-electron chi connectivity index (χ0n) is 24.3. The van der Waals surface area contributed by atoms with Crippen LogP contribution in [0.25, 0.3) is 20.9 Å². The van der Waals surface area contributed by atoms with E-state index >= 15 is 4.39 Å². The minimum Gasteiger partial charge on any atom is -0.453 e. The smallest absolute Gasteiger partial charge is 0.410 e. The van der Waals surface area contributed by atoms with Gasteiger partial charge in [-0.25, -0.2) is 14.2 Å². The number of aromatic nitrogens is 3. The molecule has 43 heavy (non-hydrogen) atoms. The van der Waals surface area contributed by atoms with Crippen LogP contribution in [0.1, 0.15) is 40.0 Å². The van der Waals surface area contributed by atoms with Crippen molar-refractivity contribution in [3.8, 4) is 22.2 Å². The van der Waals surface area contributed by atoms with Crippen LogP contribution in [0.5, 0.6) is 11.5 Å². The van der Waals surface area contributed by atoms with Crippen LogP contribution in [0.3, 0.4) is 0 Å². The molecule has 1 aliphatic heterocycles. The molecule has 13 heteroatoms. The first-order chi connectivity index (χ1) is 20.4. The van der Waals surface area contributed by atoms with E-state index in [2.05, 4.69) is 20.6 Å². The summed E-state index contributed by atoms with van der Waals surface area (Å²) in [5.41, 5.74) is 0.325. The van der Waals surface area contributed by atoms with Crippen molar-refractivity contribution in [2.24, 2.45) is 7.05 Å². The predicted molar refractivity (Wildman–Crippen MR) is 161 cm³/mol. The molecule has 3 aromatic heterocycles. The lowest BCUT2D eigenvalue weighted by molar-refractivity contribution is -0.127. The van der Waals surface area contributed by atoms with Gasteiger partial charge in [-0.05, 0) is 51.8 Å². The van der Waals surface area contributed by atoms with Gasteiger partial charge in [0.2, 0.25) is 11.8 Å². The average Bonchev–Trinajstić information content (AvgIpc) is 3.56. The average molecular weight is 609 g/mol. The van der Waals surface area contributed by atoms with Crippen molar-refractivity contribution in [1.29, 1.82) is 0 Å². The Hall–Kier alpha value is -4.52. The van der Waals surface area contributed by atoms with Gasteiger partial charge in [0.05, 0.1) is 15.1 Å². The van der Waals surface area contributed by atoms with E-state index in [1.807, 2.05) is 44.6 Å². The number of rotatable bonds is 7. The standard InChI is InChI=1S/C30H33FN6O5S/c1-30(2,3)42-29(40)37-12-8-18(9-13-37)34-25(38)17-26(39)35-19-5-6-22(20(31)15-19)41-23-7-10-32-21-16-24(43-27(21)23)28-33-11-14-36(28)4/h5-7,10-11,14-16,18H,8-9,12-13,17H2,1-4H3,(H,34,38)(H,35,39). The molecule has 1 aromatic carbocycles. The van der Waals surface area contributed by atoms with Gasteiger partial charge in [-0.15, -0.1) is 11.3 Å². The number of fused-ring (bicyclic) bond motifs is 1. The number of pyridine rings is 1. The number of benzene rings is 1. The van der Waals surface area contributed by atoms with Crippen LogP contribution < -0.4 is 15.4 Å². The molecule has 4 aromatic rings. The quantitative estimate of drug-likeness (QED) is 0.266.